The van der Waals surface area contributed by atoms with Crippen LogP contribution in [0.25, 0.3) is 11.0 Å². The van der Waals surface area contributed by atoms with Crippen LogP contribution in [0, 0.1) is 10.8 Å². The highest BCUT2D eigenvalue weighted by atomic mass is 35.5. The summed E-state index contributed by atoms with van der Waals surface area (Å²) >= 11 is 12.2. The predicted octanol–water partition coefficient (Wildman–Crippen LogP) is 7.50. The maximum Gasteiger partial charge on any atom is 0.335 e. The lowest BCUT2D eigenvalue weighted by Crippen LogP contribution is -2.40. The number of hydrogen-bond acceptors (Lipinski definition) is 7. The summed E-state index contributed by atoms with van der Waals surface area (Å²) in [4.78, 5) is 47.5. The first-order chi connectivity index (χ1) is 25.4. The van der Waals surface area contributed by atoms with Gasteiger partial charge in [-0.3, -0.25) is 20.4 Å². The molecule has 288 valence electrons. The van der Waals surface area contributed by atoms with E-state index < -0.39 is 17.8 Å². The average molecular weight is 829 g/mol. The minimum absolute atomic E-state index is 0. The Bertz CT molecular complexity index is 2220. The Morgan fingerprint density at radius 3 is 2.15 bits per heavy atom. The van der Waals surface area contributed by atoms with Crippen LogP contribution >= 0.6 is 48.0 Å². The zero-order valence-electron chi connectivity index (χ0n) is 29.4. The number of amides is 2. The number of nitrogens with two attached hydrogens (primary N) is 1. The number of carboxylic acid groups (broad SMARTS) is 1. The van der Waals surface area contributed by atoms with E-state index in [-0.39, 0.29) is 66.0 Å². The summed E-state index contributed by atoms with van der Waals surface area (Å²) in [5.74, 6) is -0.588. The largest absolute Gasteiger partial charge is 0.490 e. The zero-order chi connectivity index (χ0) is 37.8. The van der Waals surface area contributed by atoms with Crippen molar-refractivity contribution in [2.24, 2.45) is 5.73 Å². The molecule has 6 rings (SSSR count). The Kier molecular flexibility index (Phi) is 14.1. The third kappa shape index (κ3) is 10.1. The molecule has 0 unspecified atom stereocenters. The molecule has 0 atom stereocenters. The van der Waals surface area contributed by atoms with Crippen molar-refractivity contribution in [3.05, 3.63) is 117 Å². The number of halogens is 4. The van der Waals surface area contributed by atoms with Crippen molar-refractivity contribution in [2.75, 3.05) is 23.3 Å². The molecule has 4 aromatic carbocycles. The molecule has 17 heteroatoms. The number of ether oxygens (including phenoxy) is 1. The third-order valence-electron chi connectivity index (χ3n) is 8.93. The van der Waals surface area contributed by atoms with Gasteiger partial charge in [-0.1, -0.05) is 23.2 Å². The lowest BCUT2D eigenvalue weighted by Gasteiger charge is -2.33. The first kappa shape index (κ1) is 42.4. The van der Waals surface area contributed by atoms with E-state index in [1.165, 1.54) is 35.2 Å². The molecular formula is C38H38Cl4N8O5. The molecule has 1 fully saturated rings. The summed E-state index contributed by atoms with van der Waals surface area (Å²) in [7, 11) is 0. The highest BCUT2D eigenvalue weighted by Crippen LogP contribution is 2.28. The highest BCUT2D eigenvalue weighted by molar-refractivity contribution is 6.42. The summed E-state index contributed by atoms with van der Waals surface area (Å²) in [6.45, 7) is 2.97. The van der Waals surface area contributed by atoms with Crippen LogP contribution in [0.1, 0.15) is 51.9 Å². The second kappa shape index (κ2) is 18.3. The molecule has 0 saturated carbocycles. The molecule has 55 heavy (non-hydrogen) atoms. The van der Waals surface area contributed by atoms with Gasteiger partial charge in [-0.05, 0) is 91.9 Å². The zero-order valence-corrected chi connectivity index (χ0v) is 32.6. The van der Waals surface area contributed by atoms with Gasteiger partial charge in [0.05, 0.1) is 39.0 Å². The lowest BCUT2D eigenvalue weighted by atomic mass is 10.1. The number of likely N-dealkylation sites (tertiary alicyclic amines) is 1. The van der Waals surface area contributed by atoms with Crippen LogP contribution in [0.2, 0.25) is 10.0 Å². The number of carbonyl (C=O) groups excluding carboxylic acids is 2. The fraction of sp³-hybridized carbons (Fsp3) is 0.211. The quantitative estimate of drug-likeness (QED) is 0.0668. The van der Waals surface area contributed by atoms with Crippen LogP contribution in [0.5, 0.6) is 5.75 Å². The Morgan fingerprint density at radius 1 is 0.909 bits per heavy atom. The SMILES string of the molecule is CC(=N)N1CCC(Oc2ccc(N(Cc3nc4cc(C(=N)N)ccc4n3CC(=O)Nc3ccc(Cl)c(Cl)c3)C(=O)c3ccc(C(=O)O)cc3)cc2)CC1.Cl.Cl. The number of fused-ring (bicyclic) bond motifs is 1. The molecule has 5 aromatic rings. The number of nitrogen functional groups attached to an aromatic ring is 1. The predicted molar refractivity (Wildman–Crippen MR) is 219 cm³/mol. The molecule has 0 bridgehead atoms. The van der Waals surface area contributed by atoms with E-state index in [1.807, 2.05) is 4.90 Å². The number of nitrogens with zero attached hydrogens (tertiary/aromatic N) is 4. The van der Waals surface area contributed by atoms with Gasteiger partial charge in [0.1, 0.15) is 30.1 Å². The topological polar surface area (TPSA) is 191 Å². The number of nitrogens with one attached hydrogen (secondary N) is 3. The molecule has 0 spiro atoms. The number of carboxylic acids is 1. The normalized spacial score (nSPS) is 12.6. The van der Waals surface area contributed by atoms with E-state index in [0.29, 0.717) is 50.4 Å². The van der Waals surface area contributed by atoms with Crippen LogP contribution in [-0.4, -0.2) is 68.2 Å². The van der Waals surface area contributed by atoms with E-state index in [1.54, 1.807) is 66.1 Å². The van der Waals surface area contributed by atoms with Crippen molar-refractivity contribution in [2.45, 2.75) is 39.0 Å². The highest BCUT2D eigenvalue weighted by Gasteiger charge is 2.25. The summed E-state index contributed by atoms with van der Waals surface area (Å²) < 4.78 is 7.93. The fourth-order valence-electron chi connectivity index (χ4n) is 6.10. The number of carbonyl (C=O) groups is 3. The fourth-order valence-corrected chi connectivity index (χ4v) is 6.40. The number of anilines is 2. The van der Waals surface area contributed by atoms with E-state index >= 15 is 0 Å². The number of amidine groups is 2. The van der Waals surface area contributed by atoms with E-state index in [0.717, 1.165) is 25.9 Å². The smallest absolute Gasteiger partial charge is 0.335 e. The van der Waals surface area contributed by atoms with Crippen molar-refractivity contribution >= 4 is 99.9 Å². The standard InChI is InChI=1S/C38H36Cl2N8O5.2ClH/c1-22(41)46-16-14-29(15-17-46)53-28-10-8-27(9-11-28)47(37(50)23-2-4-24(5-3-23)38(51)52)20-34-45-32-18-25(36(42)43)6-13-33(32)48(34)21-35(49)44-26-7-12-30(39)31(40)19-26;;/h2-13,18-19,29,41H,14-17,20-21H2,1H3,(H3,42,43)(H,44,49)(H,51,52);2*1H. The molecule has 1 aliphatic rings. The molecule has 13 nitrogen and oxygen atoms in total. The van der Waals surface area contributed by atoms with E-state index in [4.69, 9.17) is 49.5 Å². The minimum Gasteiger partial charge on any atom is -0.490 e. The van der Waals surface area contributed by atoms with Crippen LogP contribution in [0.4, 0.5) is 11.4 Å². The monoisotopic (exact) mass is 826 g/mol. The summed E-state index contributed by atoms with van der Waals surface area (Å²) in [5.41, 5.74) is 8.45. The number of benzene rings is 4. The third-order valence-corrected chi connectivity index (χ3v) is 9.67. The van der Waals surface area contributed by atoms with Gasteiger partial charge in [-0.2, -0.15) is 0 Å². The number of rotatable bonds is 11. The van der Waals surface area contributed by atoms with E-state index in [9.17, 15) is 19.5 Å². The second-order valence-corrected chi connectivity index (χ2v) is 13.4. The summed E-state index contributed by atoms with van der Waals surface area (Å²) in [6, 6.07) is 22.5. The summed E-state index contributed by atoms with van der Waals surface area (Å²) in [6.07, 6.45) is 1.53. The molecule has 1 aromatic heterocycles. The van der Waals surface area contributed by atoms with E-state index in [2.05, 4.69) is 5.32 Å². The Balaban J connectivity index is 0.00000336. The number of aromatic nitrogens is 2. The minimum atomic E-state index is -1.12. The molecule has 1 aliphatic heterocycles. The van der Waals surface area contributed by atoms with Crippen LogP contribution in [-0.2, 0) is 17.9 Å². The van der Waals surface area contributed by atoms with Gasteiger partial charge in [-0.15, -0.1) is 24.8 Å². The van der Waals surface area contributed by atoms with Gasteiger partial charge in [0.15, 0.2) is 0 Å². The first-order valence-corrected chi connectivity index (χ1v) is 17.4. The van der Waals surface area contributed by atoms with Crippen molar-refractivity contribution in [1.82, 2.24) is 14.5 Å². The van der Waals surface area contributed by atoms with Gasteiger partial charge >= 0.3 is 5.97 Å². The maximum absolute atomic E-state index is 14.3. The summed E-state index contributed by atoms with van der Waals surface area (Å²) in [5, 5.41) is 28.7. The molecule has 6 N–H and O–H groups in total. The van der Waals surface area contributed by atoms with Crippen molar-refractivity contribution in [3.8, 4) is 5.75 Å². The van der Waals surface area contributed by atoms with Gasteiger partial charge in [0, 0.05) is 48.4 Å². The van der Waals surface area contributed by atoms with Crippen LogP contribution < -0.4 is 20.7 Å². The van der Waals surface area contributed by atoms with Gasteiger partial charge in [0.25, 0.3) is 5.91 Å². The second-order valence-electron chi connectivity index (χ2n) is 12.6. The van der Waals surface area contributed by atoms with Crippen molar-refractivity contribution < 1.29 is 24.2 Å². The van der Waals surface area contributed by atoms with Gasteiger partial charge in [-0.25, -0.2) is 9.78 Å². The van der Waals surface area contributed by atoms with Crippen molar-refractivity contribution in [3.63, 3.8) is 0 Å². The number of imidazole rings is 1. The molecule has 0 radical (unpaired) electrons. The molecule has 2 amide bonds. The average Bonchev–Trinajstić information content (AvgIpc) is 3.48. The first-order valence-electron chi connectivity index (χ1n) is 16.7. The molecular weight excluding hydrogens is 790 g/mol. The Morgan fingerprint density at radius 2 is 1.55 bits per heavy atom. The molecule has 0 aliphatic carbocycles. The Labute approximate surface area is 339 Å². The van der Waals surface area contributed by atoms with Crippen LogP contribution in [0.3, 0.4) is 0 Å². The number of aromatic carboxylic acids is 1. The maximum atomic E-state index is 14.3. The molecule has 1 saturated heterocycles. The number of piperidine rings is 1. The Hall–Kier alpha value is -5.34. The van der Waals surface area contributed by atoms with Crippen molar-refractivity contribution in [1.29, 1.82) is 10.8 Å². The van der Waals surface area contributed by atoms with Gasteiger partial charge in [0.2, 0.25) is 5.91 Å². The molecule has 2 heterocycles. The number of hydrogen-bond donors (Lipinski definition) is 5. The lowest BCUT2D eigenvalue weighted by molar-refractivity contribution is -0.116. The van der Waals surface area contributed by atoms with Gasteiger partial charge < -0.3 is 35.3 Å². The van der Waals surface area contributed by atoms with Crippen LogP contribution in [0.15, 0.2) is 84.9 Å².